The number of aryl methyl sites for hydroxylation is 1. The van der Waals surface area contributed by atoms with Gasteiger partial charge < -0.3 is 19.7 Å². The second-order valence-electron chi connectivity index (χ2n) is 6.96. The molecule has 2 aromatic heterocycles. The SMILES string of the molecule is COc1c(NC(=O)[C@H]2OCC(=O)N(C3CC3)[C@@H]2c2cccnc2)ccnc1C. The van der Waals surface area contributed by atoms with Gasteiger partial charge in [0.15, 0.2) is 11.9 Å². The van der Waals surface area contributed by atoms with Gasteiger partial charge >= 0.3 is 0 Å². The number of ether oxygens (including phenoxy) is 2. The lowest BCUT2D eigenvalue weighted by Crippen LogP contribution is -2.53. The lowest BCUT2D eigenvalue weighted by molar-refractivity contribution is -0.163. The van der Waals surface area contributed by atoms with Crippen molar-refractivity contribution in [3.05, 3.63) is 48.0 Å². The highest BCUT2D eigenvalue weighted by atomic mass is 16.5. The Morgan fingerprint density at radius 3 is 2.82 bits per heavy atom. The summed E-state index contributed by atoms with van der Waals surface area (Å²) in [5, 5.41) is 2.88. The summed E-state index contributed by atoms with van der Waals surface area (Å²) in [5.74, 6) is 0.0633. The first-order chi connectivity index (χ1) is 13.6. The van der Waals surface area contributed by atoms with E-state index in [2.05, 4.69) is 15.3 Å². The van der Waals surface area contributed by atoms with Crippen molar-refractivity contribution in [3.8, 4) is 5.75 Å². The van der Waals surface area contributed by atoms with Gasteiger partial charge in [-0.2, -0.15) is 0 Å². The van der Waals surface area contributed by atoms with Crippen LogP contribution in [-0.2, 0) is 14.3 Å². The largest absolute Gasteiger partial charge is 0.493 e. The average molecular weight is 382 g/mol. The number of pyridine rings is 2. The van der Waals surface area contributed by atoms with Gasteiger partial charge in [0.05, 0.1) is 24.5 Å². The third kappa shape index (κ3) is 3.43. The monoisotopic (exact) mass is 382 g/mol. The number of anilines is 1. The molecule has 28 heavy (non-hydrogen) atoms. The fourth-order valence-corrected chi connectivity index (χ4v) is 3.63. The van der Waals surface area contributed by atoms with E-state index in [0.29, 0.717) is 17.1 Å². The molecule has 1 saturated carbocycles. The summed E-state index contributed by atoms with van der Waals surface area (Å²) in [7, 11) is 1.53. The molecule has 2 aliphatic rings. The molecule has 1 aliphatic carbocycles. The molecule has 2 atom stereocenters. The van der Waals surface area contributed by atoms with Crippen molar-refractivity contribution in [1.82, 2.24) is 14.9 Å². The van der Waals surface area contributed by atoms with E-state index >= 15 is 0 Å². The molecule has 146 valence electrons. The minimum absolute atomic E-state index is 0.0993. The van der Waals surface area contributed by atoms with Crippen molar-refractivity contribution in [3.63, 3.8) is 0 Å². The smallest absolute Gasteiger partial charge is 0.256 e. The summed E-state index contributed by atoms with van der Waals surface area (Å²) in [6.45, 7) is 1.69. The molecular formula is C20H22N4O4. The van der Waals surface area contributed by atoms with Gasteiger partial charge in [0, 0.05) is 24.6 Å². The minimum Gasteiger partial charge on any atom is -0.493 e. The van der Waals surface area contributed by atoms with Gasteiger partial charge in [0.2, 0.25) is 5.91 Å². The molecule has 2 fully saturated rings. The Balaban J connectivity index is 1.65. The summed E-state index contributed by atoms with van der Waals surface area (Å²) in [4.78, 5) is 35.8. The summed E-state index contributed by atoms with van der Waals surface area (Å²) < 4.78 is 11.1. The second kappa shape index (κ2) is 7.55. The van der Waals surface area contributed by atoms with Crippen molar-refractivity contribution in [2.75, 3.05) is 19.0 Å². The molecule has 2 amide bonds. The van der Waals surface area contributed by atoms with Crippen LogP contribution < -0.4 is 10.1 Å². The lowest BCUT2D eigenvalue weighted by atomic mass is 9.98. The Morgan fingerprint density at radius 2 is 2.14 bits per heavy atom. The number of hydrogen-bond donors (Lipinski definition) is 1. The average Bonchev–Trinajstić information content (AvgIpc) is 3.53. The van der Waals surface area contributed by atoms with Crippen molar-refractivity contribution >= 4 is 17.5 Å². The molecule has 0 radical (unpaired) electrons. The van der Waals surface area contributed by atoms with Gasteiger partial charge in [-0.1, -0.05) is 6.07 Å². The molecule has 8 heteroatoms. The Bertz CT molecular complexity index is 885. The van der Waals surface area contributed by atoms with Crippen LogP contribution >= 0.6 is 0 Å². The fourth-order valence-electron chi connectivity index (χ4n) is 3.63. The van der Waals surface area contributed by atoms with Crippen LogP contribution in [0.1, 0.15) is 30.1 Å². The normalized spacial score (nSPS) is 22.1. The molecule has 8 nitrogen and oxygen atoms in total. The van der Waals surface area contributed by atoms with E-state index in [0.717, 1.165) is 18.4 Å². The quantitative estimate of drug-likeness (QED) is 0.848. The number of amides is 2. The maximum absolute atomic E-state index is 13.2. The maximum atomic E-state index is 13.2. The van der Waals surface area contributed by atoms with Crippen LogP contribution in [0, 0.1) is 6.92 Å². The van der Waals surface area contributed by atoms with Crippen LogP contribution in [0.4, 0.5) is 5.69 Å². The first-order valence-electron chi connectivity index (χ1n) is 9.23. The standard InChI is InChI=1S/C20H22N4O4/c1-12-18(27-2)15(7-9-22-12)23-20(26)19-17(13-4-3-8-21-10-13)24(14-5-6-14)16(25)11-28-19/h3-4,7-10,14,17,19H,5-6,11H2,1-2H3,(H,22,23,26)/t17-,19+/m1/s1. The maximum Gasteiger partial charge on any atom is 0.256 e. The van der Waals surface area contributed by atoms with Gasteiger partial charge in [-0.15, -0.1) is 0 Å². The van der Waals surface area contributed by atoms with E-state index in [1.165, 1.54) is 7.11 Å². The van der Waals surface area contributed by atoms with E-state index in [1.54, 1.807) is 42.5 Å². The number of morpholine rings is 1. The number of hydrogen-bond acceptors (Lipinski definition) is 6. The zero-order valence-corrected chi connectivity index (χ0v) is 15.8. The van der Waals surface area contributed by atoms with E-state index in [-0.39, 0.29) is 24.5 Å². The van der Waals surface area contributed by atoms with E-state index in [1.807, 2.05) is 6.07 Å². The molecule has 0 spiro atoms. The summed E-state index contributed by atoms with van der Waals surface area (Å²) in [5.41, 5.74) is 1.97. The lowest BCUT2D eigenvalue weighted by Gasteiger charge is -2.40. The molecule has 4 rings (SSSR count). The number of methoxy groups -OCH3 is 1. The minimum atomic E-state index is -0.847. The van der Waals surface area contributed by atoms with Gasteiger partial charge in [0.1, 0.15) is 6.61 Å². The second-order valence-corrected chi connectivity index (χ2v) is 6.96. The number of carbonyl (C=O) groups is 2. The molecule has 1 saturated heterocycles. The van der Waals surface area contributed by atoms with Crippen LogP contribution in [-0.4, -0.2) is 52.5 Å². The summed E-state index contributed by atoms with van der Waals surface area (Å²) in [6.07, 6.45) is 5.98. The van der Waals surface area contributed by atoms with E-state index < -0.39 is 12.1 Å². The van der Waals surface area contributed by atoms with Crippen LogP contribution in [0.2, 0.25) is 0 Å². The first-order valence-corrected chi connectivity index (χ1v) is 9.23. The molecule has 1 N–H and O–H groups in total. The van der Waals surface area contributed by atoms with E-state index in [4.69, 9.17) is 9.47 Å². The van der Waals surface area contributed by atoms with Gasteiger partial charge in [-0.05, 0) is 37.5 Å². The van der Waals surface area contributed by atoms with Crippen LogP contribution in [0.5, 0.6) is 5.75 Å². The van der Waals surface area contributed by atoms with Gasteiger partial charge in [-0.25, -0.2) is 0 Å². The zero-order valence-electron chi connectivity index (χ0n) is 15.8. The Kier molecular flexibility index (Phi) is 4.95. The number of rotatable bonds is 5. The molecule has 0 unspecified atom stereocenters. The third-order valence-electron chi connectivity index (χ3n) is 5.03. The number of carbonyl (C=O) groups excluding carboxylic acids is 2. The predicted octanol–water partition coefficient (Wildman–Crippen LogP) is 1.86. The highest BCUT2D eigenvalue weighted by Gasteiger charge is 2.47. The Hall–Kier alpha value is -3.00. The van der Waals surface area contributed by atoms with Crippen molar-refractivity contribution in [1.29, 1.82) is 0 Å². The molecule has 1 aliphatic heterocycles. The van der Waals surface area contributed by atoms with E-state index in [9.17, 15) is 9.59 Å². The highest BCUT2D eigenvalue weighted by molar-refractivity contribution is 5.97. The molecule has 0 aromatic carbocycles. The van der Waals surface area contributed by atoms with Crippen LogP contribution in [0.15, 0.2) is 36.8 Å². The van der Waals surface area contributed by atoms with Gasteiger partial charge in [0.25, 0.3) is 5.91 Å². The zero-order chi connectivity index (χ0) is 19.7. The van der Waals surface area contributed by atoms with Crippen molar-refractivity contribution in [2.45, 2.75) is 38.0 Å². The highest BCUT2D eigenvalue weighted by Crippen LogP contribution is 2.39. The topological polar surface area (TPSA) is 93.6 Å². The fraction of sp³-hybridized carbons (Fsp3) is 0.400. The third-order valence-corrected chi connectivity index (χ3v) is 5.03. The Labute approximate surface area is 162 Å². The van der Waals surface area contributed by atoms with Crippen LogP contribution in [0.25, 0.3) is 0 Å². The number of nitrogens with zero attached hydrogens (tertiary/aromatic N) is 3. The molecular weight excluding hydrogens is 360 g/mol. The van der Waals surface area contributed by atoms with Crippen molar-refractivity contribution < 1.29 is 19.1 Å². The van der Waals surface area contributed by atoms with Crippen LogP contribution in [0.3, 0.4) is 0 Å². The molecule has 3 heterocycles. The summed E-state index contributed by atoms with van der Waals surface area (Å²) in [6, 6.07) is 4.97. The van der Waals surface area contributed by atoms with Crippen molar-refractivity contribution in [2.24, 2.45) is 0 Å². The summed E-state index contributed by atoms with van der Waals surface area (Å²) >= 11 is 0. The number of nitrogens with one attached hydrogen (secondary N) is 1. The van der Waals surface area contributed by atoms with Gasteiger partial charge in [-0.3, -0.25) is 19.6 Å². The Morgan fingerprint density at radius 1 is 1.32 bits per heavy atom. The first kappa shape index (κ1) is 18.4. The predicted molar refractivity (Wildman–Crippen MR) is 101 cm³/mol. The number of aromatic nitrogens is 2. The molecule has 2 aromatic rings. The molecule has 0 bridgehead atoms.